The van der Waals surface area contributed by atoms with E-state index in [0.29, 0.717) is 38.4 Å². The summed E-state index contributed by atoms with van der Waals surface area (Å²) in [5.41, 5.74) is 7.44. The molecule has 0 bridgehead atoms. The molecule has 2 aromatic carbocycles. The maximum absolute atomic E-state index is 13.7. The van der Waals surface area contributed by atoms with Crippen molar-refractivity contribution < 1.29 is 19.1 Å². The maximum atomic E-state index is 13.7. The van der Waals surface area contributed by atoms with E-state index < -0.39 is 17.0 Å². The summed E-state index contributed by atoms with van der Waals surface area (Å²) in [4.78, 5) is 40.8. The number of amides is 2. The topological polar surface area (TPSA) is 128 Å². The zero-order chi connectivity index (χ0) is 27.4. The molecule has 1 atom stereocenters. The van der Waals surface area contributed by atoms with E-state index in [2.05, 4.69) is 32.3 Å². The van der Waals surface area contributed by atoms with Gasteiger partial charge in [0.05, 0.1) is 12.0 Å². The first-order chi connectivity index (χ1) is 18.9. The van der Waals surface area contributed by atoms with Gasteiger partial charge in [-0.15, -0.1) is 0 Å². The lowest BCUT2D eigenvalue weighted by Gasteiger charge is -2.37. The quantitative estimate of drug-likeness (QED) is 0.393. The van der Waals surface area contributed by atoms with Gasteiger partial charge >= 0.3 is 0 Å². The molecule has 0 radical (unpaired) electrons. The highest BCUT2D eigenvalue weighted by Gasteiger charge is 2.44. The number of aromatic hydroxyl groups is 1. The van der Waals surface area contributed by atoms with Crippen molar-refractivity contribution in [1.82, 2.24) is 19.8 Å². The lowest BCUT2D eigenvalue weighted by atomic mass is 9.86. The molecule has 10 nitrogen and oxygen atoms in total. The number of anilines is 2. The van der Waals surface area contributed by atoms with E-state index in [0.717, 1.165) is 30.4 Å². The molecule has 3 heterocycles. The Labute approximate surface area is 226 Å². The Kier molecular flexibility index (Phi) is 7.71. The van der Waals surface area contributed by atoms with Crippen LogP contribution in [0, 0.1) is 11.2 Å². The van der Waals surface area contributed by atoms with Gasteiger partial charge in [-0.1, -0.05) is 0 Å². The van der Waals surface area contributed by atoms with Gasteiger partial charge in [0.1, 0.15) is 0 Å². The molecule has 1 aromatic heterocycles. The van der Waals surface area contributed by atoms with E-state index in [4.69, 9.17) is 5.73 Å². The first kappa shape index (κ1) is 26.5. The summed E-state index contributed by atoms with van der Waals surface area (Å²) in [7, 11) is 0. The number of carbonyl (C=O) groups excluding carboxylic acids is 2. The molecule has 2 amide bonds. The van der Waals surface area contributed by atoms with Crippen LogP contribution >= 0.6 is 0 Å². The molecule has 3 aromatic rings. The van der Waals surface area contributed by atoms with Crippen LogP contribution < -0.4 is 16.0 Å². The summed E-state index contributed by atoms with van der Waals surface area (Å²) in [5, 5.41) is 12.1. The van der Waals surface area contributed by atoms with Crippen molar-refractivity contribution in [3.05, 3.63) is 66.7 Å². The van der Waals surface area contributed by atoms with Crippen molar-refractivity contribution in [3.8, 4) is 17.1 Å². The smallest absolute Gasteiger partial charge is 0.236 e. The molecule has 0 aliphatic carbocycles. The number of phenols is 1. The van der Waals surface area contributed by atoms with E-state index in [1.54, 1.807) is 18.5 Å². The van der Waals surface area contributed by atoms with E-state index in [9.17, 15) is 19.1 Å². The Bertz CT molecular complexity index is 1320. The number of nitrogens with zero attached hydrogens (tertiary/aromatic N) is 5. The highest BCUT2D eigenvalue weighted by atomic mass is 19.1. The second-order valence-corrected chi connectivity index (χ2v) is 10.1. The van der Waals surface area contributed by atoms with Gasteiger partial charge in [0.15, 0.2) is 17.4 Å². The minimum Gasteiger partial charge on any atom is -0.505 e. The molecule has 2 aliphatic heterocycles. The average molecular weight is 534 g/mol. The molecule has 5 rings (SSSR count). The summed E-state index contributed by atoms with van der Waals surface area (Å²) >= 11 is 0. The van der Waals surface area contributed by atoms with E-state index in [-0.39, 0.29) is 30.6 Å². The molecular formula is C28H32FN7O3. The van der Waals surface area contributed by atoms with Crippen molar-refractivity contribution in [3.63, 3.8) is 0 Å². The van der Waals surface area contributed by atoms with Gasteiger partial charge in [0.25, 0.3) is 0 Å². The van der Waals surface area contributed by atoms with Crippen LogP contribution in [0.4, 0.5) is 15.8 Å². The summed E-state index contributed by atoms with van der Waals surface area (Å²) in [5.74, 6) is -0.897. The number of halogens is 1. The van der Waals surface area contributed by atoms with Crippen molar-refractivity contribution >= 4 is 23.2 Å². The van der Waals surface area contributed by atoms with Crippen LogP contribution in [-0.4, -0.2) is 89.0 Å². The number of carbonyl (C=O) groups is 2. The molecule has 4 N–H and O–H groups in total. The Morgan fingerprint density at radius 1 is 1.03 bits per heavy atom. The number of phenolic OH excluding ortho intramolecular Hbond substituents is 1. The van der Waals surface area contributed by atoms with Gasteiger partial charge in [-0.2, -0.15) is 0 Å². The predicted molar refractivity (Wildman–Crippen MR) is 145 cm³/mol. The van der Waals surface area contributed by atoms with Crippen molar-refractivity contribution in [2.45, 2.75) is 6.42 Å². The van der Waals surface area contributed by atoms with Gasteiger partial charge in [0.2, 0.25) is 11.8 Å². The number of aromatic nitrogens is 2. The lowest BCUT2D eigenvalue weighted by molar-refractivity contribution is -0.133. The molecule has 2 saturated heterocycles. The van der Waals surface area contributed by atoms with Crippen LogP contribution in [0.25, 0.3) is 11.4 Å². The van der Waals surface area contributed by atoms with Crippen LogP contribution in [0.5, 0.6) is 5.75 Å². The molecule has 2 aliphatic rings. The molecule has 0 saturated carbocycles. The van der Waals surface area contributed by atoms with Gasteiger partial charge in [-0.25, -0.2) is 14.4 Å². The van der Waals surface area contributed by atoms with Gasteiger partial charge in [-0.05, 0) is 55.4 Å². The molecule has 2 fully saturated rings. The van der Waals surface area contributed by atoms with Gasteiger partial charge < -0.3 is 26.0 Å². The van der Waals surface area contributed by atoms with Crippen molar-refractivity contribution in [2.24, 2.45) is 11.1 Å². The number of nitrogens with one attached hydrogen (secondary N) is 1. The summed E-state index contributed by atoms with van der Waals surface area (Å²) in [6.07, 6.45) is 3.94. The van der Waals surface area contributed by atoms with E-state index in [1.807, 2.05) is 21.9 Å². The average Bonchev–Trinajstić information content (AvgIpc) is 3.40. The zero-order valence-electron chi connectivity index (χ0n) is 21.6. The first-order valence-corrected chi connectivity index (χ1v) is 13.0. The number of rotatable bonds is 7. The highest BCUT2D eigenvalue weighted by Crippen LogP contribution is 2.32. The SMILES string of the molecule is NCC1(C(=O)Nc2ccc(O)c(F)c2)CCN(CC(=O)N2CCN(c3ccc(-c4ncccn4)cc3)CC2)C1. The van der Waals surface area contributed by atoms with Crippen molar-refractivity contribution in [2.75, 3.05) is 62.6 Å². The third kappa shape index (κ3) is 5.84. The van der Waals surface area contributed by atoms with E-state index >= 15 is 0 Å². The number of likely N-dealkylation sites (tertiary alicyclic amines) is 1. The normalized spacial score (nSPS) is 19.7. The van der Waals surface area contributed by atoms with Crippen molar-refractivity contribution in [1.29, 1.82) is 0 Å². The third-order valence-corrected chi connectivity index (χ3v) is 7.56. The molecule has 11 heteroatoms. The first-order valence-electron chi connectivity index (χ1n) is 13.0. The fourth-order valence-corrected chi connectivity index (χ4v) is 5.16. The number of benzene rings is 2. The minimum atomic E-state index is -0.871. The molecule has 0 spiro atoms. The second kappa shape index (κ2) is 11.3. The molecular weight excluding hydrogens is 501 g/mol. The van der Waals surface area contributed by atoms with Gasteiger partial charge in [-0.3, -0.25) is 14.5 Å². The zero-order valence-corrected chi connectivity index (χ0v) is 21.6. The standard InChI is InChI=1S/C28H32FN7O3/c29-23-16-21(4-7-24(23)37)33-27(39)28(18-30)8-11-34(19-28)17-25(38)36-14-12-35(13-15-36)22-5-2-20(3-6-22)26-31-9-1-10-32-26/h1-7,9-10,16,37H,8,11-15,17-19,30H2,(H,33,39). The summed E-state index contributed by atoms with van der Waals surface area (Å²) in [6.45, 7) is 3.93. The van der Waals surface area contributed by atoms with Gasteiger partial charge in [0, 0.05) is 74.7 Å². The Balaban J connectivity index is 1.12. The Morgan fingerprint density at radius 3 is 2.41 bits per heavy atom. The van der Waals surface area contributed by atoms with Crippen LogP contribution in [-0.2, 0) is 9.59 Å². The number of nitrogens with two attached hydrogens (primary N) is 1. The monoisotopic (exact) mass is 533 g/mol. The molecule has 204 valence electrons. The maximum Gasteiger partial charge on any atom is 0.236 e. The molecule has 1 unspecified atom stereocenters. The van der Waals surface area contributed by atoms with Crippen LogP contribution in [0.2, 0.25) is 0 Å². The van der Waals surface area contributed by atoms with E-state index in [1.165, 1.54) is 12.1 Å². The Morgan fingerprint density at radius 2 is 1.74 bits per heavy atom. The number of hydrogen-bond acceptors (Lipinski definition) is 8. The fourth-order valence-electron chi connectivity index (χ4n) is 5.16. The fraction of sp³-hybridized carbons (Fsp3) is 0.357. The summed E-state index contributed by atoms with van der Waals surface area (Å²) < 4.78 is 13.7. The minimum absolute atomic E-state index is 0.0278. The largest absolute Gasteiger partial charge is 0.505 e. The number of hydrogen-bond donors (Lipinski definition) is 3. The predicted octanol–water partition coefficient (Wildman–Crippen LogP) is 1.93. The third-order valence-electron chi connectivity index (χ3n) is 7.56. The second-order valence-electron chi connectivity index (χ2n) is 10.1. The highest BCUT2D eigenvalue weighted by molar-refractivity contribution is 5.96. The molecule has 39 heavy (non-hydrogen) atoms. The van der Waals surface area contributed by atoms with Crippen LogP contribution in [0.15, 0.2) is 60.9 Å². The van der Waals surface area contributed by atoms with Crippen LogP contribution in [0.1, 0.15) is 6.42 Å². The lowest BCUT2D eigenvalue weighted by Crippen LogP contribution is -2.51. The Hall–Kier alpha value is -4.09. The van der Waals surface area contributed by atoms with Crippen LogP contribution in [0.3, 0.4) is 0 Å². The number of piperazine rings is 1. The summed E-state index contributed by atoms with van der Waals surface area (Å²) in [6, 6.07) is 13.6.